The summed E-state index contributed by atoms with van der Waals surface area (Å²) >= 11 is 0. The molecule has 0 aromatic heterocycles. The number of hydrogen-bond acceptors (Lipinski definition) is 3. The molecule has 0 aliphatic carbocycles. The van der Waals surface area contributed by atoms with Gasteiger partial charge < -0.3 is 10.5 Å². The average molecular weight is 262 g/mol. The maximum absolute atomic E-state index is 13.9. The smallest absolute Gasteiger partial charge is 0.313 e. The summed E-state index contributed by atoms with van der Waals surface area (Å²) < 4.78 is 59.0. The van der Waals surface area contributed by atoms with Crippen molar-refractivity contribution in [2.45, 2.75) is 11.5 Å². The molecular weight excluding hydrogens is 252 g/mol. The molecule has 0 unspecified atom stereocenters. The zero-order valence-electron chi connectivity index (χ0n) is 9.17. The highest BCUT2D eigenvalue weighted by atomic mass is 19.3. The summed E-state index contributed by atoms with van der Waals surface area (Å²) in [6.45, 7) is -2.72. The van der Waals surface area contributed by atoms with E-state index in [1.807, 2.05) is 0 Å². The van der Waals surface area contributed by atoms with Crippen LogP contribution in [-0.2, 0) is 10.3 Å². The van der Waals surface area contributed by atoms with Crippen molar-refractivity contribution in [3.63, 3.8) is 0 Å². The van der Waals surface area contributed by atoms with E-state index in [0.717, 1.165) is 12.1 Å². The second-order valence-corrected chi connectivity index (χ2v) is 3.92. The fraction of sp³-hybridized carbons (Fsp3) is 0.364. The Hall–Kier alpha value is -1.79. The van der Waals surface area contributed by atoms with Crippen molar-refractivity contribution in [1.82, 2.24) is 0 Å². The SMILES string of the molecule is NC1=N[C@](CF)(c2ccccc2F)C(F)(F)CO1. The lowest BCUT2D eigenvalue weighted by Crippen LogP contribution is -2.54. The van der Waals surface area contributed by atoms with Gasteiger partial charge in [-0.25, -0.2) is 13.8 Å². The van der Waals surface area contributed by atoms with Crippen molar-refractivity contribution in [1.29, 1.82) is 0 Å². The van der Waals surface area contributed by atoms with Crippen LogP contribution in [0.25, 0.3) is 0 Å². The minimum absolute atomic E-state index is 0.538. The van der Waals surface area contributed by atoms with Crippen LogP contribution in [0.3, 0.4) is 0 Å². The summed E-state index contributed by atoms with van der Waals surface area (Å²) in [6, 6.07) is 4.08. The first-order chi connectivity index (χ1) is 8.43. The lowest BCUT2D eigenvalue weighted by atomic mass is 9.84. The Kier molecular flexibility index (Phi) is 2.92. The molecule has 7 heteroatoms. The Morgan fingerprint density at radius 3 is 2.61 bits per heavy atom. The van der Waals surface area contributed by atoms with E-state index in [1.165, 1.54) is 12.1 Å². The third kappa shape index (κ3) is 1.70. The number of amidine groups is 1. The highest BCUT2D eigenvalue weighted by Gasteiger charge is 2.59. The molecule has 18 heavy (non-hydrogen) atoms. The van der Waals surface area contributed by atoms with Gasteiger partial charge in [0.2, 0.25) is 0 Å². The summed E-state index contributed by atoms with van der Waals surface area (Å²) in [7, 11) is 0. The number of alkyl halides is 3. The quantitative estimate of drug-likeness (QED) is 0.828. The molecule has 1 aliphatic heterocycles. The predicted molar refractivity (Wildman–Crippen MR) is 56.6 cm³/mol. The molecule has 1 heterocycles. The number of rotatable bonds is 2. The summed E-state index contributed by atoms with van der Waals surface area (Å²) in [5.74, 6) is -4.65. The molecule has 1 aromatic rings. The van der Waals surface area contributed by atoms with Gasteiger partial charge in [0.15, 0.2) is 12.1 Å². The molecule has 0 bridgehead atoms. The van der Waals surface area contributed by atoms with Crippen molar-refractivity contribution in [2.75, 3.05) is 13.3 Å². The molecule has 3 nitrogen and oxygen atoms in total. The molecular formula is C11H10F4N2O. The van der Waals surface area contributed by atoms with E-state index in [0.29, 0.717) is 0 Å². The fourth-order valence-electron chi connectivity index (χ4n) is 1.84. The van der Waals surface area contributed by atoms with Crippen LogP contribution in [0.5, 0.6) is 0 Å². The Bertz CT molecular complexity index is 492. The molecule has 98 valence electrons. The van der Waals surface area contributed by atoms with E-state index >= 15 is 0 Å². The van der Waals surface area contributed by atoms with E-state index in [-0.39, 0.29) is 0 Å². The third-order valence-electron chi connectivity index (χ3n) is 2.82. The first kappa shape index (κ1) is 12.7. The van der Waals surface area contributed by atoms with Gasteiger partial charge >= 0.3 is 5.92 Å². The minimum Gasteiger partial charge on any atom is -0.459 e. The molecule has 0 spiro atoms. The molecule has 1 aliphatic rings. The van der Waals surface area contributed by atoms with Gasteiger partial charge in [-0.2, -0.15) is 8.78 Å². The van der Waals surface area contributed by atoms with Gasteiger partial charge in [-0.05, 0) is 6.07 Å². The van der Waals surface area contributed by atoms with E-state index in [1.54, 1.807) is 0 Å². The summed E-state index contributed by atoms with van der Waals surface area (Å²) in [5.41, 5.74) is 2.00. The number of ether oxygens (including phenoxy) is 1. The normalized spacial score (nSPS) is 26.3. The monoisotopic (exact) mass is 262 g/mol. The molecule has 0 fully saturated rings. The largest absolute Gasteiger partial charge is 0.459 e. The molecule has 0 amide bonds. The highest BCUT2D eigenvalue weighted by molar-refractivity contribution is 5.73. The van der Waals surface area contributed by atoms with Crippen LogP contribution in [0, 0.1) is 5.82 Å². The zero-order chi connectivity index (χ0) is 13.4. The number of nitrogens with two attached hydrogens (primary N) is 1. The lowest BCUT2D eigenvalue weighted by molar-refractivity contribution is -0.129. The van der Waals surface area contributed by atoms with Crippen molar-refractivity contribution in [3.8, 4) is 0 Å². The Morgan fingerprint density at radius 2 is 2.00 bits per heavy atom. The number of nitrogens with zero attached hydrogens (tertiary/aromatic N) is 1. The second-order valence-electron chi connectivity index (χ2n) is 3.92. The van der Waals surface area contributed by atoms with Crippen molar-refractivity contribution in [3.05, 3.63) is 35.6 Å². The van der Waals surface area contributed by atoms with E-state index in [9.17, 15) is 17.6 Å². The molecule has 2 N–H and O–H groups in total. The standard InChI is InChI=1S/C11H10F4N2O/c12-5-10(7-3-1-2-4-8(7)13)11(14,15)6-18-9(16)17-10/h1-4H,5-6H2,(H2,16,17)/t10-/m1/s1. The summed E-state index contributed by atoms with van der Waals surface area (Å²) in [6.07, 6.45) is 0. The number of benzene rings is 1. The van der Waals surface area contributed by atoms with Crippen LogP contribution in [0.4, 0.5) is 17.6 Å². The number of aliphatic imine (C=N–C) groups is 1. The second kappa shape index (κ2) is 4.15. The van der Waals surface area contributed by atoms with Gasteiger partial charge in [0, 0.05) is 5.56 Å². The van der Waals surface area contributed by atoms with Crippen LogP contribution in [-0.4, -0.2) is 25.2 Å². The van der Waals surface area contributed by atoms with Crippen molar-refractivity contribution >= 4 is 6.02 Å². The minimum atomic E-state index is -3.69. The van der Waals surface area contributed by atoms with Crippen LogP contribution < -0.4 is 5.73 Å². The van der Waals surface area contributed by atoms with Crippen LogP contribution in [0.15, 0.2) is 29.3 Å². The van der Waals surface area contributed by atoms with Gasteiger partial charge in [-0.1, -0.05) is 18.2 Å². The average Bonchev–Trinajstić information content (AvgIpc) is 2.33. The number of hydrogen-bond donors (Lipinski definition) is 1. The lowest BCUT2D eigenvalue weighted by Gasteiger charge is -2.38. The van der Waals surface area contributed by atoms with E-state index < -0.39 is 42.1 Å². The van der Waals surface area contributed by atoms with Gasteiger partial charge in [-0.15, -0.1) is 0 Å². The maximum atomic E-state index is 13.9. The maximum Gasteiger partial charge on any atom is 0.313 e. The highest BCUT2D eigenvalue weighted by Crippen LogP contribution is 2.44. The molecule has 1 atom stereocenters. The molecule has 0 radical (unpaired) electrons. The molecule has 2 rings (SSSR count). The first-order valence-electron chi connectivity index (χ1n) is 5.10. The third-order valence-corrected chi connectivity index (χ3v) is 2.82. The Balaban J connectivity index is 2.66. The molecule has 0 saturated heterocycles. The predicted octanol–water partition coefficient (Wildman–Crippen LogP) is 1.97. The topological polar surface area (TPSA) is 47.6 Å². The van der Waals surface area contributed by atoms with Gasteiger partial charge in [0.05, 0.1) is 0 Å². The fourth-order valence-corrected chi connectivity index (χ4v) is 1.84. The van der Waals surface area contributed by atoms with Crippen molar-refractivity contribution < 1.29 is 22.3 Å². The first-order valence-corrected chi connectivity index (χ1v) is 5.10. The van der Waals surface area contributed by atoms with E-state index in [4.69, 9.17) is 5.73 Å². The molecule has 0 saturated carbocycles. The zero-order valence-corrected chi connectivity index (χ0v) is 9.17. The Labute approximate surface area is 100 Å². The summed E-state index contributed by atoms with van der Waals surface area (Å²) in [4.78, 5) is 3.32. The Morgan fingerprint density at radius 1 is 1.33 bits per heavy atom. The van der Waals surface area contributed by atoms with E-state index in [2.05, 4.69) is 9.73 Å². The van der Waals surface area contributed by atoms with Gasteiger partial charge in [-0.3, -0.25) is 0 Å². The van der Waals surface area contributed by atoms with Crippen molar-refractivity contribution in [2.24, 2.45) is 10.7 Å². The van der Waals surface area contributed by atoms with Gasteiger partial charge in [0.25, 0.3) is 6.02 Å². The van der Waals surface area contributed by atoms with Crippen LogP contribution in [0.2, 0.25) is 0 Å². The van der Waals surface area contributed by atoms with Crippen LogP contribution in [0.1, 0.15) is 5.56 Å². The summed E-state index contributed by atoms with van der Waals surface area (Å²) in [5, 5.41) is 0. The number of halogens is 4. The van der Waals surface area contributed by atoms with Crippen LogP contribution >= 0.6 is 0 Å². The van der Waals surface area contributed by atoms with Gasteiger partial charge in [0.1, 0.15) is 12.5 Å². The molecule has 1 aromatic carbocycles.